The zero-order chi connectivity index (χ0) is 15.0. The summed E-state index contributed by atoms with van der Waals surface area (Å²) in [4.78, 5) is 23.3. The zero-order valence-corrected chi connectivity index (χ0v) is 13.0. The van der Waals surface area contributed by atoms with E-state index < -0.39 is 5.41 Å². The summed E-state index contributed by atoms with van der Waals surface area (Å²) >= 11 is 0. The van der Waals surface area contributed by atoms with E-state index in [0.717, 1.165) is 43.8 Å². The van der Waals surface area contributed by atoms with Crippen molar-refractivity contribution in [1.29, 1.82) is 0 Å². The molecule has 1 saturated carbocycles. The van der Waals surface area contributed by atoms with Gasteiger partial charge in [-0.1, -0.05) is 13.3 Å². The Bertz CT molecular complexity index is 538. The van der Waals surface area contributed by atoms with Gasteiger partial charge in [0.15, 0.2) is 5.82 Å². The monoisotopic (exact) mass is 289 g/mol. The van der Waals surface area contributed by atoms with Gasteiger partial charge in [0.05, 0.1) is 17.2 Å². The van der Waals surface area contributed by atoms with Crippen molar-refractivity contribution in [3.63, 3.8) is 0 Å². The summed E-state index contributed by atoms with van der Waals surface area (Å²) in [5.41, 5.74) is 0.225. The van der Waals surface area contributed by atoms with Gasteiger partial charge in [0.2, 0.25) is 5.91 Å². The van der Waals surface area contributed by atoms with Crippen LogP contribution in [0.15, 0.2) is 12.4 Å². The molecular formula is C16H23N3O2. The topological polar surface area (TPSA) is 55.3 Å². The normalized spacial score (nSPS) is 26.6. The molecule has 0 N–H and O–H groups in total. The molecule has 1 aromatic rings. The van der Waals surface area contributed by atoms with Crippen LogP contribution >= 0.6 is 0 Å². The first kappa shape index (κ1) is 14.4. The van der Waals surface area contributed by atoms with E-state index in [4.69, 9.17) is 4.74 Å². The molecule has 21 heavy (non-hydrogen) atoms. The third-order valence-corrected chi connectivity index (χ3v) is 4.54. The number of aromatic nitrogens is 2. The molecule has 1 amide bonds. The lowest BCUT2D eigenvalue weighted by molar-refractivity contribution is -0.123. The number of anilines is 1. The van der Waals surface area contributed by atoms with E-state index in [1.165, 1.54) is 0 Å². The molecule has 1 aromatic heterocycles. The first-order chi connectivity index (χ1) is 10.1. The minimum Gasteiger partial charge on any atom is -0.378 e. The minimum atomic E-state index is -0.572. The fraction of sp³-hybridized carbons (Fsp3) is 0.688. The van der Waals surface area contributed by atoms with Crippen molar-refractivity contribution in [2.75, 3.05) is 11.5 Å². The number of nitrogens with zero attached hydrogens (tertiary/aromatic N) is 3. The van der Waals surface area contributed by atoms with Crippen molar-refractivity contribution in [3.8, 4) is 0 Å². The van der Waals surface area contributed by atoms with Gasteiger partial charge < -0.3 is 4.74 Å². The summed E-state index contributed by atoms with van der Waals surface area (Å²) in [6.07, 6.45) is 7.67. The van der Waals surface area contributed by atoms with Crippen LogP contribution < -0.4 is 4.90 Å². The molecule has 114 valence electrons. The highest BCUT2D eigenvalue weighted by molar-refractivity contribution is 6.06. The number of ether oxygens (including phenoxy) is 1. The highest BCUT2D eigenvalue weighted by atomic mass is 16.5. The lowest BCUT2D eigenvalue weighted by Crippen LogP contribution is -2.52. The molecule has 3 rings (SSSR count). The average Bonchev–Trinajstić information content (AvgIpc) is 2.62. The van der Waals surface area contributed by atoms with Crippen molar-refractivity contribution < 1.29 is 9.53 Å². The van der Waals surface area contributed by atoms with Gasteiger partial charge in [-0.3, -0.25) is 14.7 Å². The van der Waals surface area contributed by atoms with Gasteiger partial charge in [-0.05, 0) is 33.1 Å². The van der Waals surface area contributed by atoms with Gasteiger partial charge in [-0.25, -0.2) is 4.98 Å². The van der Waals surface area contributed by atoms with Gasteiger partial charge in [-0.15, -0.1) is 0 Å². The van der Waals surface area contributed by atoms with E-state index >= 15 is 0 Å². The van der Waals surface area contributed by atoms with Crippen molar-refractivity contribution in [1.82, 2.24) is 9.97 Å². The summed E-state index contributed by atoms with van der Waals surface area (Å²) in [5, 5.41) is 0. The Labute approximate surface area is 125 Å². The maximum atomic E-state index is 12.7. The molecule has 0 aromatic carbocycles. The lowest BCUT2D eigenvalue weighted by atomic mass is 9.86. The second-order valence-corrected chi connectivity index (χ2v) is 6.50. The predicted molar refractivity (Wildman–Crippen MR) is 80.2 cm³/mol. The molecule has 2 aliphatic rings. The smallest absolute Gasteiger partial charge is 0.240 e. The van der Waals surface area contributed by atoms with Crippen LogP contribution in [0.25, 0.3) is 0 Å². The molecule has 0 radical (unpaired) electrons. The summed E-state index contributed by atoms with van der Waals surface area (Å²) < 4.78 is 5.81. The van der Waals surface area contributed by atoms with Crippen LogP contribution in [0.3, 0.4) is 0 Å². The van der Waals surface area contributed by atoms with Gasteiger partial charge in [0.1, 0.15) is 0 Å². The molecule has 2 heterocycles. The number of fused-ring (bicyclic) bond motifs is 1. The van der Waals surface area contributed by atoms with Crippen LogP contribution in [-0.2, 0) is 14.9 Å². The summed E-state index contributed by atoms with van der Waals surface area (Å²) in [7, 11) is 0. The quantitative estimate of drug-likeness (QED) is 0.781. The number of unbranched alkanes of at least 4 members (excludes halogenated alkanes) is 1. The molecule has 0 saturated heterocycles. The second-order valence-electron chi connectivity index (χ2n) is 6.50. The SMILES string of the molecule is CCCCOC1CC(N2C(=O)C(C)(C)c3nccnc32)C1. The molecule has 0 atom stereocenters. The van der Waals surface area contributed by atoms with Crippen molar-refractivity contribution in [3.05, 3.63) is 18.1 Å². The fourth-order valence-corrected chi connectivity index (χ4v) is 3.06. The molecular weight excluding hydrogens is 266 g/mol. The first-order valence-corrected chi connectivity index (χ1v) is 7.82. The number of carbonyl (C=O) groups excluding carboxylic acids is 1. The standard InChI is InChI=1S/C16H23N3O2/c1-4-5-8-21-12-9-11(10-12)19-14-13(17-6-7-18-14)16(2,3)15(19)20/h6-7,11-12H,4-5,8-10H2,1-3H3. The Morgan fingerprint density at radius 1 is 1.33 bits per heavy atom. The summed E-state index contributed by atoms with van der Waals surface area (Å²) in [5.74, 6) is 0.852. The number of hydrogen-bond acceptors (Lipinski definition) is 4. The van der Waals surface area contributed by atoms with E-state index in [2.05, 4.69) is 16.9 Å². The molecule has 1 aliphatic carbocycles. The highest BCUT2D eigenvalue weighted by Gasteiger charge is 2.51. The van der Waals surface area contributed by atoms with Gasteiger partial charge in [0.25, 0.3) is 0 Å². The van der Waals surface area contributed by atoms with Crippen LogP contribution in [0.1, 0.15) is 52.1 Å². The first-order valence-electron chi connectivity index (χ1n) is 7.82. The van der Waals surface area contributed by atoms with Crippen molar-refractivity contribution >= 4 is 11.7 Å². The molecule has 1 fully saturated rings. The van der Waals surface area contributed by atoms with Crippen molar-refractivity contribution in [2.24, 2.45) is 0 Å². The Balaban J connectivity index is 1.69. The largest absolute Gasteiger partial charge is 0.378 e. The van der Waals surface area contributed by atoms with Crippen LogP contribution in [0, 0.1) is 0 Å². The predicted octanol–water partition coefficient (Wildman–Crippen LogP) is 2.45. The van der Waals surface area contributed by atoms with Crippen LogP contribution in [0.2, 0.25) is 0 Å². The Kier molecular flexibility index (Phi) is 3.69. The molecule has 5 heteroatoms. The van der Waals surface area contributed by atoms with E-state index in [1.54, 1.807) is 12.4 Å². The van der Waals surface area contributed by atoms with E-state index in [0.29, 0.717) is 0 Å². The molecule has 1 aliphatic heterocycles. The van der Waals surface area contributed by atoms with E-state index in [-0.39, 0.29) is 18.1 Å². The number of rotatable bonds is 5. The molecule has 0 bridgehead atoms. The Morgan fingerprint density at radius 3 is 2.76 bits per heavy atom. The zero-order valence-electron chi connectivity index (χ0n) is 13.0. The van der Waals surface area contributed by atoms with E-state index in [9.17, 15) is 4.79 Å². The maximum Gasteiger partial charge on any atom is 0.240 e. The number of hydrogen-bond donors (Lipinski definition) is 0. The lowest BCUT2D eigenvalue weighted by Gasteiger charge is -2.41. The van der Waals surface area contributed by atoms with Gasteiger partial charge in [0, 0.05) is 25.0 Å². The number of amides is 1. The van der Waals surface area contributed by atoms with Gasteiger partial charge >= 0.3 is 0 Å². The molecule has 5 nitrogen and oxygen atoms in total. The fourth-order valence-electron chi connectivity index (χ4n) is 3.06. The Hall–Kier alpha value is -1.49. The van der Waals surface area contributed by atoms with Crippen LogP contribution in [0.5, 0.6) is 0 Å². The van der Waals surface area contributed by atoms with Gasteiger partial charge in [-0.2, -0.15) is 0 Å². The molecule has 0 unspecified atom stereocenters. The van der Waals surface area contributed by atoms with Crippen LogP contribution in [0.4, 0.5) is 5.82 Å². The highest BCUT2D eigenvalue weighted by Crippen LogP contribution is 2.43. The molecule has 0 spiro atoms. The Morgan fingerprint density at radius 2 is 2.05 bits per heavy atom. The minimum absolute atomic E-state index is 0.112. The maximum absolute atomic E-state index is 12.7. The third-order valence-electron chi connectivity index (χ3n) is 4.54. The second kappa shape index (κ2) is 5.37. The number of carbonyl (C=O) groups is 1. The third kappa shape index (κ3) is 2.33. The van der Waals surface area contributed by atoms with E-state index in [1.807, 2.05) is 18.7 Å². The van der Waals surface area contributed by atoms with Crippen molar-refractivity contribution in [2.45, 2.75) is 64.0 Å². The summed E-state index contributed by atoms with van der Waals surface area (Å²) in [6.45, 7) is 6.84. The van der Waals surface area contributed by atoms with Crippen LogP contribution in [-0.4, -0.2) is 34.6 Å². The summed E-state index contributed by atoms with van der Waals surface area (Å²) in [6, 6.07) is 0.210. The average molecular weight is 289 g/mol.